The lowest BCUT2D eigenvalue weighted by Gasteiger charge is -2.07. The Labute approximate surface area is 82.2 Å². The fourth-order valence-corrected chi connectivity index (χ4v) is 1.03. The van der Waals surface area contributed by atoms with E-state index >= 15 is 0 Å². The van der Waals surface area contributed by atoms with Crippen LogP contribution in [0.5, 0.6) is 0 Å². The summed E-state index contributed by atoms with van der Waals surface area (Å²) in [6, 6.07) is 3.45. The van der Waals surface area contributed by atoms with Crippen LogP contribution in [-0.2, 0) is 4.74 Å². The number of hydrazine groups is 1. The number of carbonyl (C=O) groups excluding carboxylic acids is 1. The van der Waals surface area contributed by atoms with E-state index in [2.05, 4.69) is 10.4 Å². The third-order valence-electron chi connectivity index (χ3n) is 1.66. The summed E-state index contributed by atoms with van der Waals surface area (Å²) in [5.41, 5.74) is 3.83. The van der Waals surface area contributed by atoms with Crippen molar-refractivity contribution in [1.29, 1.82) is 0 Å². The van der Waals surface area contributed by atoms with Crippen molar-refractivity contribution in [2.45, 2.75) is 13.8 Å². The predicted molar refractivity (Wildman–Crippen MR) is 52.7 cm³/mol. The van der Waals surface area contributed by atoms with Crippen LogP contribution in [0.3, 0.4) is 0 Å². The fourth-order valence-electron chi connectivity index (χ4n) is 1.03. The minimum Gasteiger partial charge on any atom is -0.461 e. The number of anilines is 1. The van der Waals surface area contributed by atoms with E-state index in [0.717, 1.165) is 5.69 Å². The van der Waals surface area contributed by atoms with Gasteiger partial charge in [-0.15, -0.1) is 0 Å². The lowest BCUT2D eigenvalue weighted by molar-refractivity contribution is 0.0520. The van der Waals surface area contributed by atoms with Crippen LogP contribution in [0, 0.1) is 6.92 Å². The van der Waals surface area contributed by atoms with Gasteiger partial charge in [0.25, 0.3) is 0 Å². The molecule has 0 aliphatic rings. The van der Waals surface area contributed by atoms with Crippen molar-refractivity contribution < 1.29 is 9.53 Å². The highest BCUT2D eigenvalue weighted by atomic mass is 16.5. The number of ether oxygens (including phenoxy) is 1. The normalized spacial score (nSPS) is 9.64. The fraction of sp³-hybridized carbons (Fsp3) is 0.333. The summed E-state index contributed by atoms with van der Waals surface area (Å²) < 4.78 is 4.83. The van der Waals surface area contributed by atoms with Crippen molar-refractivity contribution >= 4 is 11.7 Å². The molecule has 5 heteroatoms. The number of nitrogens with one attached hydrogen (secondary N) is 1. The predicted octanol–water partition coefficient (Wildman–Crippen LogP) is 0.852. The van der Waals surface area contributed by atoms with Crippen LogP contribution < -0.4 is 11.3 Å². The van der Waals surface area contributed by atoms with Crippen molar-refractivity contribution in [3.8, 4) is 0 Å². The summed E-state index contributed by atoms with van der Waals surface area (Å²) in [5, 5.41) is 0. The standard InChI is InChI=1S/C9H13N3O2/c1-3-14-9(13)8-7(12-10)5-4-6(2)11-8/h4-5,12H,3,10H2,1-2H3. The molecular weight excluding hydrogens is 182 g/mol. The first-order valence-electron chi connectivity index (χ1n) is 4.30. The second-order valence-electron chi connectivity index (χ2n) is 2.71. The van der Waals surface area contributed by atoms with Crippen LogP contribution in [0.2, 0.25) is 0 Å². The Bertz CT molecular complexity index is 339. The van der Waals surface area contributed by atoms with Crippen molar-refractivity contribution in [2.24, 2.45) is 5.84 Å². The van der Waals surface area contributed by atoms with Crippen LogP contribution in [0.1, 0.15) is 23.1 Å². The van der Waals surface area contributed by atoms with E-state index in [4.69, 9.17) is 10.6 Å². The summed E-state index contributed by atoms with van der Waals surface area (Å²) >= 11 is 0. The number of carbonyl (C=O) groups is 1. The van der Waals surface area contributed by atoms with Crippen LogP contribution >= 0.6 is 0 Å². The zero-order chi connectivity index (χ0) is 10.6. The van der Waals surface area contributed by atoms with Gasteiger partial charge in [0.05, 0.1) is 12.3 Å². The lowest BCUT2D eigenvalue weighted by Crippen LogP contribution is -2.15. The maximum Gasteiger partial charge on any atom is 0.359 e. The van der Waals surface area contributed by atoms with Gasteiger partial charge in [-0.05, 0) is 26.0 Å². The highest BCUT2D eigenvalue weighted by Gasteiger charge is 2.13. The molecule has 0 aliphatic heterocycles. The Kier molecular flexibility index (Phi) is 3.41. The van der Waals surface area contributed by atoms with E-state index < -0.39 is 5.97 Å². The zero-order valence-corrected chi connectivity index (χ0v) is 8.20. The molecule has 0 spiro atoms. The monoisotopic (exact) mass is 195 g/mol. The van der Waals surface area contributed by atoms with Gasteiger partial charge in [-0.25, -0.2) is 9.78 Å². The van der Waals surface area contributed by atoms with Gasteiger partial charge < -0.3 is 10.2 Å². The van der Waals surface area contributed by atoms with E-state index in [0.29, 0.717) is 12.3 Å². The third-order valence-corrected chi connectivity index (χ3v) is 1.66. The van der Waals surface area contributed by atoms with Gasteiger partial charge in [-0.1, -0.05) is 0 Å². The summed E-state index contributed by atoms with van der Waals surface area (Å²) in [5.74, 6) is 4.77. The van der Waals surface area contributed by atoms with Crippen molar-refractivity contribution in [3.63, 3.8) is 0 Å². The minimum absolute atomic E-state index is 0.217. The molecular formula is C9H13N3O2. The average molecular weight is 195 g/mol. The third kappa shape index (κ3) is 2.20. The highest BCUT2D eigenvalue weighted by molar-refractivity contribution is 5.93. The molecule has 0 fully saturated rings. The number of nitrogens with two attached hydrogens (primary N) is 1. The molecule has 5 nitrogen and oxygen atoms in total. The van der Waals surface area contributed by atoms with Crippen LogP contribution in [-0.4, -0.2) is 17.6 Å². The SMILES string of the molecule is CCOC(=O)c1nc(C)ccc1NN. The maximum atomic E-state index is 11.4. The second-order valence-corrected chi connectivity index (χ2v) is 2.71. The van der Waals surface area contributed by atoms with Gasteiger partial charge in [0.1, 0.15) is 0 Å². The quantitative estimate of drug-likeness (QED) is 0.425. The molecule has 1 aromatic rings. The Morgan fingerprint density at radius 2 is 2.36 bits per heavy atom. The highest BCUT2D eigenvalue weighted by Crippen LogP contribution is 2.13. The molecule has 1 aromatic heterocycles. The number of esters is 1. The van der Waals surface area contributed by atoms with Gasteiger partial charge in [0, 0.05) is 5.69 Å². The first-order valence-corrected chi connectivity index (χ1v) is 4.30. The van der Waals surface area contributed by atoms with E-state index in [9.17, 15) is 4.79 Å². The van der Waals surface area contributed by atoms with E-state index in [1.807, 2.05) is 0 Å². The zero-order valence-electron chi connectivity index (χ0n) is 8.20. The number of nitrogen functional groups attached to an aromatic ring is 1. The lowest BCUT2D eigenvalue weighted by atomic mass is 10.2. The molecule has 0 amide bonds. The summed E-state index contributed by atoms with van der Waals surface area (Å²) in [4.78, 5) is 15.4. The Morgan fingerprint density at radius 1 is 1.64 bits per heavy atom. The van der Waals surface area contributed by atoms with Gasteiger partial charge in [-0.2, -0.15) is 0 Å². The minimum atomic E-state index is -0.468. The molecule has 1 rings (SSSR count). The van der Waals surface area contributed by atoms with Crippen LogP contribution in [0.15, 0.2) is 12.1 Å². The molecule has 0 bridgehead atoms. The van der Waals surface area contributed by atoms with Gasteiger partial charge in [-0.3, -0.25) is 5.84 Å². The topological polar surface area (TPSA) is 77.2 Å². The first-order chi connectivity index (χ1) is 6.69. The molecule has 3 N–H and O–H groups in total. The van der Waals surface area contributed by atoms with Gasteiger partial charge in [0.2, 0.25) is 0 Å². The smallest absolute Gasteiger partial charge is 0.359 e. The Hall–Kier alpha value is -1.62. The van der Waals surface area contributed by atoms with E-state index in [1.54, 1.807) is 26.0 Å². The van der Waals surface area contributed by atoms with Crippen molar-refractivity contribution in [3.05, 3.63) is 23.5 Å². The number of aromatic nitrogens is 1. The molecule has 0 saturated heterocycles. The molecule has 0 aromatic carbocycles. The Morgan fingerprint density at radius 3 is 2.93 bits per heavy atom. The van der Waals surface area contributed by atoms with E-state index in [1.165, 1.54) is 0 Å². The first kappa shape index (κ1) is 10.5. The number of rotatable bonds is 3. The maximum absolute atomic E-state index is 11.4. The molecule has 0 aliphatic carbocycles. The summed E-state index contributed by atoms with van der Waals surface area (Å²) in [6.07, 6.45) is 0. The molecule has 1 heterocycles. The van der Waals surface area contributed by atoms with Gasteiger partial charge in [0.15, 0.2) is 5.69 Å². The number of aryl methyl sites for hydroxylation is 1. The van der Waals surface area contributed by atoms with Crippen molar-refractivity contribution in [2.75, 3.05) is 12.0 Å². The summed E-state index contributed by atoms with van der Waals surface area (Å²) in [7, 11) is 0. The largest absolute Gasteiger partial charge is 0.461 e. The number of pyridine rings is 1. The molecule has 14 heavy (non-hydrogen) atoms. The molecule has 0 radical (unpaired) electrons. The molecule has 0 unspecified atom stereocenters. The van der Waals surface area contributed by atoms with Crippen LogP contribution in [0.4, 0.5) is 5.69 Å². The van der Waals surface area contributed by atoms with Crippen molar-refractivity contribution in [1.82, 2.24) is 4.98 Å². The number of hydrogen-bond donors (Lipinski definition) is 2. The van der Waals surface area contributed by atoms with Gasteiger partial charge >= 0.3 is 5.97 Å². The summed E-state index contributed by atoms with van der Waals surface area (Å²) in [6.45, 7) is 3.85. The number of nitrogens with zero attached hydrogens (tertiary/aromatic N) is 1. The van der Waals surface area contributed by atoms with Crippen LogP contribution in [0.25, 0.3) is 0 Å². The number of hydrogen-bond acceptors (Lipinski definition) is 5. The average Bonchev–Trinajstić information content (AvgIpc) is 2.18. The Balaban J connectivity index is 3.03. The molecule has 0 saturated carbocycles. The second kappa shape index (κ2) is 4.57. The van der Waals surface area contributed by atoms with E-state index in [-0.39, 0.29) is 5.69 Å². The molecule has 0 atom stereocenters. The molecule has 76 valence electrons.